The number of pyridine rings is 1. The monoisotopic (exact) mass is 370 g/mol. The topological polar surface area (TPSA) is 55.4 Å². The first-order chi connectivity index (χ1) is 13.8. The average molecular weight is 370 g/mol. The van der Waals surface area contributed by atoms with Crippen LogP contribution in [0.3, 0.4) is 0 Å². The third-order valence-corrected chi connectivity index (χ3v) is 5.40. The van der Waals surface area contributed by atoms with Gasteiger partial charge in [0, 0.05) is 60.2 Å². The van der Waals surface area contributed by atoms with Crippen molar-refractivity contribution in [2.45, 2.75) is 0 Å². The van der Waals surface area contributed by atoms with Gasteiger partial charge >= 0.3 is 0 Å². The molecule has 0 radical (unpaired) electrons. The van der Waals surface area contributed by atoms with Crippen LogP contribution in [-0.4, -0.2) is 41.3 Å². The molecule has 2 aromatic heterocycles. The van der Waals surface area contributed by atoms with E-state index in [4.69, 9.17) is 0 Å². The highest BCUT2D eigenvalue weighted by Crippen LogP contribution is 2.27. The lowest BCUT2D eigenvalue weighted by atomic mass is 10.1. The molecule has 0 spiro atoms. The number of nitrogens with zero attached hydrogens (tertiary/aromatic N) is 3. The number of hydrogen-bond donors (Lipinski definition) is 2. The van der Waals surface area contributed by atoms with Gasteiger partial charge < -0.3 is 19.9 Å². The Morgan fingerprint density at radius 2 is 1.57 bits per heavy atom. The molecule has 28 heavy (non-hydrogen) atoms. The Hall–Kier alpha value is -3.47. The van der Waals surface area contributed by atoms with Crippen molar-refractivity contribution >= 4 is 22.4 Å². The van der Waals surface area contributed by atoms with E-state index in [9.17, 15) is 5.11 Å². The van der Waals surface area contributed by atoms with Gasteiger partial charge in [0.2, 0.25) is 0 Å². The number of nitrogens with one attached hydrogen (secondary N) is 1. The molecule has 2 N–H and O–H groups in total. The Morgan fingerprint density at radius 1 is 0.821 bits per heavy atom. The van der Waals surface area contributed by atoms with Gasteiger partial charge in [0.25, 0.3) is 0 Å². The van der Waals surface area contributed by atoms with Gasteiger partial charge in [-0.15, -0.1) is 0 Å². The first kappa shape index (κ1) is 16.7. The van der Waals surface area contributed by atoms with Gasteiger partial charge in [-0.1, -0.05) is 18.2 Å². The predicted molar refractivity (Wildman–Crippen MR) is 114 cm³/mol. The number of aromatic amines is 1. The van der Waals surface area contributed by atoms with Crippen LogP contribution in [0.4, 0.5) is 11.5 Å². The van der Waals surface area contributed by atoms with E-state index in [0.29, 0.717) is 5.75 Å². The molecule has 0 atom stereocenters. The number of aromatic nitrogens is 2. The van der Waals surface area contributed by atoms with E-state index < -0.39 is 0 Å². The van der Waals surface area contributed by atoms with Gasteiger partial charge in [0.15, 0.2) is 0 Å². The molecular formula is C23H22N4O. The van der Waals surface area contributed by atoms with Crippen LogP contribution >= 0.6 is 0 Å². The molecule has 1 aliphatic heterocycles. The fourth-order valence-corrected chi connectivity index (χ4v) is 3.84. The number of phenols is 1. The summed E-state index contributed by atoms with van der Waals surface area (Å²) in [7, 11) is 0. The minimum atomic E-state index is 0.306. The molecule has 1 aliphatic rings. The van der Waals surface area contributed by atoms with Crippen molar-refractivity contribution in [3.63, 3.8) is 0 Å². The van der Waals surface area contributed by atoms with Crippen molar-refractivity contribution in [1.82, 2.24) is 9.97 Å². The maximum Gasteiger partial charge on any atom is 0.129 e. The van der Waals surface area contributed by atoms with Crippen molar-refractivity contribution in [2.24, 2.45) is 0 Å². The molecule has 0 bridgehead atoms. The fraction of sp³-hybridized carbons (Fsp3) is 0.174. The highest BCUT2D eigenvalue weighted by atomic mass is 16.3. The lowest BCUT2D eigenvalue weighted by molar-refractivity contribution is 0.475. The second-order valence-corrected chi connectivity index (χ2v) is 7.16. The second-order valence-electron chi connectivity index (χ2n) is 7.16. The molecule has 0 saturated carbocycles. The zero-order valence-corrected chi connectivity index (χ0v) is 15.5. The van der Waals surface area contributed by atoms with Crippen LogP contribution in [0, 0.1) is 0 Å². The van der Waals surface area contributed by atoms with Crippen LogP contribution < -0.4 is 9.80 Å². The van der Waals surface area contributed by atoms with Crippen molar-refractivity contribution in [3.8, 4) is 17.0 Å². The molecular weight excluding hydrogens is 348 g/mol. The molecule has 2 aromatic carbocycles. The maximum atomic E-state index is 9.47. The van der Waals surface area contributed by atoms with E-state index in [1.54, 1.807) is 12.1 Å². The second kappa shape index (κ2) is 6.93. The number of phenolic OH excluding ortho intramolecular Hbond substituents is 1. The van der Waals surface area contributed by atoms with Gasteiger partial charge in [0.1, 0.15) is 11.6 Å². The van der Waals surface area contributed by atoms with Crippen LogP contribution in [0.5, 0.6) is 5.75 Å². The van der Waals surface area contributed by atoms with Crippen molar-refractivity contribution in [1.29, 1.82) is 0 Å². The number of fused-ring (bicyclic) bond motifs is 1. The molecule has 0 aliphatic carbocycles. The van der Waals surface area contributed by atoms with E-state index in [-0.39, 0.29) is 0 Å². The Balaban J connectivity index is 1.33. The molecule has 3 heterocycles. The van der Waals surface area contributed by atoms with Gasteiger partial charge in [-0.2, -0.15) is 0 Å². The quantitative estimate of drug-likeness (QED) is 0.566. The third kappa shape index (κ3) is 3.16. The summed E-state index contributed by atoms with van der Waals surface area (Å²) in [6.45, 7) is 3.71. The summed E-state index contributed by atoms with van der Waals surface area (Å²) in [6, 6.07) is 22.2. The largest absolute Gasteiger partial charge is 0.508 e. The number of H-pyrrole nitrogens is 1. The normalized spacial score (nSPS) is 14.6. The molecule has 1 fully saturated rings. The van der Waals surface area contributed by atoms with Crippen molar-refractivity contribution < 1.29 is 5.11 Å². The molecule has 140 valence electrons. The fourth-order valence-electron chi connectivity index (χ4n) is 3.84. The minimum Gasteiger partial charge on any atom is -0.508 e. The van der Waals surface area contributed by atoms with Crippen LogP contribution in [0.2, 0.25) is 0 Å². The molecule has 0 amide bonds. The molecule has 5 rings (SSSR count). The maximum absolute atomic E-state index is 9.47. The number of piperazine rings is 1. The summed E-state index contributed by atoms with van der Waals surface area (Å²) in [5, 5.41) is 10.7. The van der Waals surface area contributed by atoms with E-state index in [1.807, 2.05) is 24.4 Å². The van der Waals surface area contributed by atoms with Gasteiger partial charge in [0.05, 0.1) is 0 Å². The smallest absolute Gasteiger partial charge is 0.129 e. The van der Waals surface area contributed by atoms with Gasteiger partial charge in [-0.05, 0) is 48.5 Å². The summed E-state index contributed by atoms with van der Waals surface area (Å²) >= 11 is 0. The first-order valence-electron chi connectivity index (χ1n) is 9.59. The number of hydrogen-bond acceptors (Lipinski definition) is 4. The van der Waals surface area contributed by atoms with Crippen LogP contribution in [-0.2, 0) is 0 Å². The Kier molecular flexibility index (Phi) is 4.13. The molecule has 5 nitrogen and oxygen atoms in total. The number of aromatic hydroxyl groups is 1. The third-order valence-electron chi connectivity index (χ3n) is 5.40. The Labute approximate surface area is 163 Å². The number of benzene rings is 2. The summed E-state index contributed by atoms with van der Waals surface area (Å²) < 4.78 is 0. The highest BCUT2D eigenvalue weighted by molar-refractivity contribution is 5.86. The lowest BCUT2D eigenvalue weighted by Gasteiger charge is -2.36. The highest BCUT2D eigenvalue weighted by Gasteiger charge is 2.19. The molecule has 5 heteroatoms. The number of para-hydroxylation sites is 1. The predicted octanol–water partition coefficient (Wildman–Crippen LogP) is 4.26. The Bertz CT molecular complexity index is 1060. The van der Waals surface area contributed by atoms with E-state index in [1.165, 1.54) is 5.39 Å². The standard InChI is InChI=1S/C23H22N4O/c28-20-7-5-19(6-8-20)26-11-13-27(14-12-26)23-16-18(9-10-24-23)22-15-17-3-1-2-4-21(17)25-22/h1-10,15-16,25,28H,11-14H2. The number of anilines is 2. The van der Waals surface area contributed by atoms with Gasteiger partial charge in [-0.25, -0.2) is 4.98 Å². The molecule has 1 saturated heterocycles. The zero-order chi connectivity index (χ0) is 18.9. The van der Waals surface area contributed by atoms with E-state index >= 15 is 0 Å². The lowest BCUT2D eigenvalue weighted by Crippen LogP contribution is -2.46. The zero-order valence-electron chi connectivity index (χ0n) is 15.5. The summed E-state index contributed by atoms with van der Waals surface area (Å²) in [5.74, 6) is 1.32. The SMILES string of the molecule is Oc1ccc(N2CCN(c3cc(-c4cc5ccccc5[nH]4)ccn3)CC2)cc1. The minimum absolute atomic E-state index is 0.306. The van der Waals surface area contributed by atoms with Crippen LogP contribution in [0.1, 0.15) is 0 Å². The first-order valence-corrected chi connectivity index (χ1v) is 9.59. The van der Waals surface area contributed by atoms with Crippen molar-refractivity contribution in [3.05, 3.63) is 72.9 Å². The van der Waals surface area contributed by atoms with Crippen LogP contribution in [0.25, 0.3) is 22.2 Å². The number of rotatable bonds is 3. The van der Waals surface area contributed by atoms with Crippen molar-refractivity contribution in [2.75, 3.05) is 36.0 Å². The van der Waals surface area contributed by atoms with E-state index in [0.717, 1.165) is 54.5 Å². The van der Waals surface area contributed by atoms with E-state index in [2.05, 4.69) is 56.2 Å². The summed E-state index contributed by atoms with van der Waals surface area (Å²) in [4.78, 5) is 12.8. The Morgan fingerprint density at radius 3 is 2.36 bits per heavy atom. The van der Waals surface area contributed by atoms with Gasteiger partial charge in [-0.3, -0.25) is 0 Å². The summed E-state index contributed by atoms with van der Waals surface area (Å²) in [5.41, 5.74) is 4.57. The molecule has 4 aromatic rings. The summed E-state index contributed by atoms with van der Waals surface area (Å²) in [6.07, 6.45) is 1.89. The molecule has 0 unspecified atom stereocenters. The van der Waals surface area contributed by atoms with Crippen LogP contribution in [0.15, 0.2) is 72.9 Å². The average Bonchev–Trinajstić information content (AvgIpc) is 3.19.